The summed E-state index contributed by atoms with van der Waals surface area (Å²) in [4.78, 5) is 0. The summed E-state index contributed by atoms with van der Waals surface area (Å²) in [6, 6.07) is 0. The zero-order valence-electron chi connectivity index (χ0n) is 5.87. The van der Waals surface area contributed by atoms with Crippen LogP contribution >= 0.6 is 0 Å². The van der Waals surface area contributed by atoms with Gasteiger partial charge in [-0.3, -0.25) is 0 Å². The first kappa shape index (κ1) is 14.8. The van der Waals surface area contributed by atoms with Gasteiger partial charge in [0.15, 0.2) is 0 Å². The van der Waals surface area contributed by atoms with E-state index in [9.17, 15) is 19.5 Å². The molecule has 0 atom stereocenters. The van der Waals surface area contributed by atoms with Gasteiger partial charge < -0.3 is 0 Å². The summed E-state index contributed by atoms with van der Waals surface area (Å²) in [7, 11) is -4.92. The van der Waals surface area contributed by atoms with Crippen LogP contribution < -0.4 is 10.0 Å². The Morgan fingerprint density at radius 3 is 1.58 bits per heavy atom. The van der Waals surface area contributed by atoms with Gasteiger partial charge in [-0.15, -0.1) is 0 Å². The van der Waals surface area contributed by atoms with Crippen LogP contribution in [0, 0.1) is 0 Å². The van der Waals surface area contributed by atoms with E-state index in [1.54, 1.807) is 0 Å². The fourth-order valence-electron chi connectivity index (χ4n) is 0.246. The van der Waals surface area contributed by atoms with Crippen molar-refractivity contribution in [1.82, 2.24) is 0 Å². The van der Waals surface area contributed by atoms with Gasteiger partial charge in [-0.05, 0) is 0 Å². The zero-order chi connectivity index (χ0) is 8.69. The van der Waals surface area contributed by atoms with Crippen molar-refractivity contribution >= 4 is 29.3 Å². The molecule has 0 aromatic heterocycles. The van der Waals surface area contributed by atoms with Crippen molar-refractivity contribution in [3.05, 3.63) is 0 Å². The van der Waals surface area contributed by atoms with Crippen molar-refractivity contribution in [2.45, 2.75) is 0 Å². The van der Waals surface area contributed by atoms with Gasteiger partial charge in [0.05, 0.1) is 0 Å². The van der Waals surface area contributed by atoms with Crippen LogP contribution in [0.25, 0.3) is 0 Å². The van der Waals surface area contributed by atoms with Crippen LogP contribution in [0.3, 0.4) is 0 Å². The molecule has 0 saturated carbocycles. The molecule has 0 N–H and O–H groups in total. The van der Waals surface area contributed by atoms with Gasteiger partial charge in [-0.1, -0.05) is 0 Å². The summed E-state index contributed by atoms with van der Waals surface area (Å²) in [6.45, 7) is 0. The average molecular weight is 268 g/mol. The van der Waals surface area contributed by atoms with Crippen LogP contribution in [-0.2, 0) is 50.4 Å². The van der Waals surface area contributed by atoms with Gasteiger partial charge in [-0.2, -0.15) is 0 Å². The fourth-order valence-corrected chi connectivity index (χ4v) is 0.246. The van der Waals surface area contributed by atoms with Crippen molar-refractivity contribution < 1.29 is 60.5 Å². The minimum Gasteiger partial charge on any atom is 2.00 e. The molecule has 7 nitrogen and oxygen atoms in total. The Balaban J connectivity index is 0. The van der Waals surface area contributed by atoms with Crippen LogP contribution in [0.5, 0.6) is 0 Å². The molecule has 0 aliphatic heterocycles. The molecule has 12 heteroatoms. The summed E-state index contributed by atoms with van der Waals surface area (Å²) >= 11 is 0. The van der Waals surface area contributed by atoms with E-state index in [1.807, 2.05) is 0 Å². The molecule has 0 amide bonds. The van der Waals surface area contributed by atoms with Gasteiger partial charge in [0.1, 0.15) is 0 Å². The SMILES string of the molecule is O=BOB([O-])OB([O-])OB=O.[Cd+2]. The first-order valence-corrected chi connectivity index (χ1v) is 2.36. The predicted octanol–water partition coefficient (Wildman–Crippen LogP) is -4.35. The van der Waals surface area contributed by atoms with E-state index in [4.69, 9.17) is 0 Å². The molecule has 12 heavy (non-hydrogen) atoms. The molecule has 0 unspecified atom stereocenters. The zero-order valence-corrected chi connectivity index (χ0v) is 9.91. The molecule has 0 heterocycles. The second kappa shape index (κ2) is 9.35. The molecule has 0 bridgehead atoms. The third-order valence-corrected chi connectivity index (χ3v) is 0.556. The van der Waals surface area contributed by atoms with Crippen molar-refractivity contribution in [1.29, 1.82) is 0 Å². The summed E-state index contributed by atoms with van der Waals surface area (Å²) in [5.74, 6) is 0. The Hall–Kier alpha value is 0.262. The molecule has 0 rings (SSSR count). The molecule has 0 aliphatic rings. The Kier molecular flexibility index (Phi) is 11.5. The van der Waals surface area contributed by atoms with Gasteiger partial charge in [-0.25, -0.2) is 0 Å². The summed E-state index contributed by atoms with van der Waals surface area (Å²) in [6.07, 6.45) is 0. The monoisotopic (exact) mass is 270 g/mol. The Morgan fingerprint density at radius 2 is 1.33 bits per heavy atom. The number of rotatable bonds is 6. The van der Waals surface area contributed by atoms with Gasteiger partial charge >= 0.3 is 89.8 Å². The van der Waals surface area contributed by atoms with E-state index in [0.717, 1.165) is 0 Å². The maximum atomic E-state index is 10.1. The summed E-state index contributed by atoms with van der Waals surface area (Å²) in [5.41, 5.74) is 0. The smallest absolute Gasteiger partial charge is 2.00 e. The number of hydrogen-bond donors (Lipinski definition) is 0. The van der Waals surface area contributed by atoms with Crippen molar-refractivity contribution in [2.24, 2.45) is 0 Å². The van der Waals surface area contributed by atoms with E-state index < -0.39 is 14.6 Å². The molecule has 0 fully saturated rings. The largest absolute Gasteiger partial charge is 2.00 e. The van der Waals surface area contributed by atoms with Crippen LogP contribution in [0.1, 0.15) is 0 Å². The van der Waals surface area contributed by atoms with E-state index >= 15 is 0 Å². The molecule has 0 radical (unpaired) electrons. The average Bonchev–Trinajstić information content (AvgIpc) is 1.87. The second-order valence-electron chi connectivity index (χ2n) is 1.18. The molecule has 0 spiro atoms. The molecular weight excluding hydrogens is 268 g/mol. The third kappa shape index (κ3) is 8.36. The van der Waals surface area contributed by atoms with E-state index in [-0.39, 0.29) is 42.0 Å². The topological polar surface area (TPSA) is 108 Å². The number of hydrogen-bond acceptors (Lipinski definition) is 7. The maximum Gasteiger partial charge on any atom is 2.00 e. The van der Waals surface area contributed by atoms with Crippen LogP contribution in [0.2, 0.25) is 0 Å². The third-order valence-electron chi connectivity index (χ3n) is 0.556. The van der Waals surface area contributed by atoms with Gasteiger partial charge in [0.25, 0.3) is 0 Å². The summed E-state index contributed by atoms with van der Waals surface area (Å²) in [5, 5.41) is 20.3. The first-order chi connectivity index (χ1) is 5.20. The van der Waals surface area contributed by atoms with E-state index in [0.29, 0.717) is 0 Å². The molecule has 0 aromatic rings. The molecule has 0 aliphatic carbocycles. The standard InChI is InChI=1S/B4O7.Cd/c5-1-9-3(7)11-4(8)10-2-6;/q-2;+2. The van der Waals surface area contributed by atoms with Gasteiger partial charge in [0.2, 0.25) is 0 Å². The molecule has 56 valence electrons. The summed E-state index contributed by atoms with van der Waals surface area (Å²) < 4.78 is 29.8. The van der Waals surface area contributed by atoms with Crippen molar-refractivity contribution in [3.63, 3.8) is 0 Å². The predicted molar refractivity (Wildman–Crippen MR) is 27.6 cm³/mol. The molecule has 0 saturated heterocycles. The minimum absolute atomic E-state index is 0. The van der Waals surface area contributed by atoms with Crippen molar-refractivity contribution in [2.75, 3.05) is 0 Å². The molecular formula is B4CdO7. The minimum atomic E-state index is -2.27. The normalized spacial score (nSPS) is 6.83. The quantitative estimate of drug-likeness (QED) is 0.448. The van der Waals surface area contributed by atoms with Crippen LogP contribution in [0.4, 0.5) is 0 Å². The van der Waals surface area contributed by atoms with Crippen molar-refractivity contribution in [3.8, 4) is 0 Å². The molecule has 0 aromatic carbocycles. The van der Waals surface area contributed by atoms with E-state index in [1.165, 1.54) is 0 Å². The fraction of sp³-hybridized carbons (Fsp3) is 0. The van der Waals surface area contributed by atoms with Gasteiger partial charge in [0, 0.05) is 0 Å². The van der Waals surface area contributed by atoms with Crippen LogP contribution in [0.15, 0.2) is 0 Å². The first-order valence-electron chi connectivity index (χ1n) is 2.36. The second-order valence-corrected chi connectivity index (χ2v) is 1.18. The Bertz CT molecular complexity index is 115. The van der Waals surface area contributed by atoms with Crippen LogP contribution in [-0.4, -0.2) is 29.3 Å². The Morgan fingerprint density at radius 1 is 1.00 bits per heavy atom. The maximum absolute atomic E-state index is 10.1. The van der Waals surface area contributed by atoms with E-state index in [2.05, 4.69) is 13.7 Å². The Labute approximate surface area is 89.8 Å².